The van der Waals surface area contributed by atoms with Crippen molar-refractivity contribution in [3.8, 4) is 28.3 Å². The van der Waals surface area contributed by atoms with Crippen LogP contribution in [0.1, 0.15) is 0 Å². The molecular weight excluding hydrogens is 362 g/mol. The monoisotopic (exact) mass is 375 g/mol. The van der Waals surface area contributed by atoms with E-state index in [0.29, 0.717) is 21.7 Å². The quantitative estimate of drug-likeness (QED) is 0.621. The average molecular weight is 376 g/mol. The van der Waals surface area contributed by atoms with E-state index in [1.54, 1.807) is 19.2 Å². The first-order chi connectivity index (χ1) is 12.1. The third-order valence-corrected chi connectivity index (χ3v) is 4.42. The van der Waals surface area contributed by atoms with E-state index >= 15 is 0 Å². The number of benzene rings is 2. The lowest BCUT2D eigenvalue weighted by molar-refractivity contribution is -0.133. The fourth-order valence-corrected chi connectivity index (χ4v) is 2.99. The van der Waals surface area contributed by atoms with Crippen LogP contribution in [0.2, 0.25) is 5.02 Å². The molecule has 0 saturated carbocycles. The molecular formula is C18H14ClNO4S. The molecule has 2 aromatic carbocycles. The van der Waals surface area contributed by atoms with Gasteiger partial charge in [-0.15, -0.1) is 0 Å². The molecule has 0 amide bonds. The second-order valence-electron chi connectivity index (χ2n) is 5.08. The minimum atomic E-state index is -0.932. The second-order valence-corrected chi connectivity index (χ2v) is 6.44. The number of rotatable bonds is 6. The standard InChI is InChI=1S/C18H14ClNO4S/c1-23-14-7-5-11(6-8-14)16-17(12-3-2-4-13(19)9-12)24-18(20-16)25-10-15(21)22/h2-9H,10H2,1H3,(H,21,22). The number of carboxylic acids is 1. The molecule has 25 heavy (non-hydrogen) atoms. The van der Waals surface area contributed by atoms with Gasteiger partial charge in [0.2, 0.25) is 0 Å². The molecule has 3 rings (SSSR count). The van der Waals surface area contributed by atoms with Gasteiger partial charge in [0.15, 0.2) is 5.76 Å². The molecule has 0 atom stereocenters. The number of nitrogens with zero attached hydrogens (tertiary/aromatic N) is 1. The van der Waals surface area contributed by atoms with Crippen LogP contribution in [0.15, 0.2) is 58.2 Å². The van der Waals surface area contributed by atoms with Gasteiger partial charge in [0.05, 0.1) is 7.11 Å². The smallest absolute Gasteiger partial charge is 0.314 e. The van der Waals surface area contributed by atoms with Crippen molar-refractivity contribution in [2.45, 2.75) is 5.22 Å². The first-order valence-corrected chi connectivity index (χ1v) is 8.69. The van der Waals surface area contributed by atoms with E-state index in [4.69, 9.17) is 25.9 Å². The number of methoxy groups -OCH3 is 1. The second kappa shape index (κ2) is 7.63. The maximum Gasteiger partial charge on any atom is 0.314 e. The van der Waals surface area contributed by atoms with Crippen molar-refractivity contribution in [3.05, 3.63) is 53.6 Å². The fraction of sp³-hybridized carbons (Fsp3) is 0.111. The third kappa shape index (κ3) is 4.15. The fourth-order valence-electron chi connectivity index (χ4n) is 2.26. The molecule has 0 aliphatic heterocycles. The van der Waals surface area contributed by atoms with E-state index in [9.17, 15) is 4.79 Å². The number of aromatic nitrogens is 1. The Balaban J connectivity index is 2.05. The highest BCUT2D eigenvalue weighted by molar-refractivity contribution is 7.99. The molecule has 0 unspecified atom stereocenters. The Labute approximate surface area is 153 Å². The molecule has 0 bridgehead atoms. The van der Waals surface area contributed by atoms with Crippen LogP contribution in [-0.2, 0) is 4.79 Å². The van der Waals surface area contributed by atoms with E-state index in [2.05, 4.69) is 4.98 Å². The summed E-state index contributed by atoms with van der Waals surface area (Å²) in [6.45, 7) is 0. The van der Waals surface area contributed by atoms with Crippen molar-refractivity contribution in [2.24, 2.45) is 0 Å². The number of hydrogen-bond donors (Lipinski definition) is 1. The zero-order valence-electron chi connectivity index (χ0n) is 13.2. The van der Waals surface area contributed by atoms with Crippen LogP contribution in [0.5, 0.6) is 5.75 Å². The van der Waals surface area contributed by atoms with E-state index in [1.807, 2.05) is 36.4 Å². The first kappa shape index (κ1) is 17.4. The van der Waals surface area contributed by atoms with Crippen LogP contribution in [0.3, 0.4) is 0 Å². The molecule has 1 heterocycles. The van der Waals surface area contributed by atoms with Crippen LogP contribution in [0.4, 0.5) is 0 Å². The molecule has 0 fully saturated rings. The van der Waals surface area contributed by atoms with Crippen LogP contribution in [0, 0.1) is 0 Å². The summed E-state index contributed by atoms with van der Waals surface area (Å²) < 4.78 is 11.0. The zero-order chi connectivity index (χ0) is 17.8. The van der Waals surface area contributed by atoms with Crippen LogP contribution < -0.4 is 4.74 Å². The molecule has 0 aliphatic rings. The Morgan fingerprint density at radius 3 is 2.64 bits per heavy atom. The van der Waals surface area contributed by atoms with Crippen LogP contribution in [-0.4, -0.2) is 28.9 Å². The van der Waals surface area contributed by atoms with Crippen molar-refractivity contribution in [1.29, 1.82) is 0 Å². The number of oxazole rings is 1. The highest BCUT2D eigenvalue weighted by Crippen LogP contribution is 2.36. The van der Waals surface area contributed by atoms with Crippen molar-refractivity contribution in [3.63, 3.8) is 0 Å². The lowest BCUT2D eigenvalue weighted by Crippen LogP contribution is -1.97. The van der Waals surface area contributed by atoms with Gasteiger partial charge in [0, 0.05) is 16.1 Å². The number of carboxylic acid groups (broad SMARTS) is 1. The van der Waals surface area contributed by atoms with Gasteiger partial charge in [-0.05, 0) is 36.4 Å². The highest BCUT2D eigenvalue weighted by atomic mass is 35.5. The molecule has 128 valence electrons. The first-order valence-electron chi connectivity index (χ1n) is 7.32. The SMILES string of the molecule is COc1ccc(-c2nc(SCC(=O)O)oc2-c2cccc(Cl)c2)cc1. The molecule has 1 aromatic heterocycles. The van der Waals surface area contributed by atoms with Gasteiger partial charge < -0.3 is 14.3 Å². The van der Waals surface area contributed by atoms with Crippen LogP contribution >= 0.6 is 23.4 Å². The molecule has 0 radical (unpaired) electrons. The van der Waals surface area contributed by atoms with E-state index < -0.39 is 5.97 Å². The van der Waals surface area contributed by atoms with Gasteiger partial charge in [-0.1, -0.05) is 35.5 Å². The molecule has 0 saturated heterocycles. The Hall–Kier alpha value is -2.44. The van der Waals surface area contributed by atoms with E-state index in [-0.39, 0.29) is 5.75 Å². The molecule has 0 spiro atoms. The summed E-state index contributed by atoms with van der Waals surface area (Å²) in [6.07, 6.45) is 0. The number of hydrogen-bond acceptors (Lipinski definition) is 5. The number of ether oxygens (including phenoxy) is 1. The summed E-state index contributed by atoms with van der Waals surface area (Å²) in [7, 11) is 1.60. The molecule has 5 nitrogen and oxygen atoms in total. The largest absolute Gasteiger partial charge is 0.497 e. The Kier molecular flexibility index (Phi) is 5.31. The minimum Gasteiger partial charge on any atom is -0.497 e. The van der Waals surface area contributed by atoms with Gasteiger partial charge >= 0.3 is 5.97 Å². The third-order valence-electron chi connectivity index (χ3n) is 3.38. The number of carbonyl (C=O) groups is 1. The molecule has 7 heteroatoms. The van der Waals surface area contributed by atoms with Crippen LogP contribution in [0.25, 0.3) is 22.6 Å². The lowest BCUT2D eigenvalue weighted by atomic mass is 10.1. The zero-order valence-corrected chi connectivity index (χ0v) is 14.8. The molecule has 3 aromatic rings. The Morgan fingerprint density at radius 1 is 1.24 bits per heavy atom. The lowest BCUT2D eigenvalue weighted by Gasteiger charge is -2.03. The summed E-state index contributed by atoms with van der Waals surface area (Å²) in [5.41, 5.74) is 2.23. The molecule has 0 aliphatic carbocycles. The number of halogens is 1. The normalized spacial score (nSPS) is 10.6. The topological polar surface area (TPSA) is 72.6 Å². The van der Waals surface area contributed by atoms with E-state index in [0.717, 1.165) is 28.6 Å². The van der Waals surface area contributed by atoms with E-state index in [1.165, 1.54) is 0 Å². The van der Waals surface area contributed by atoms with Gasteiger partial charge in [0.25, 0.3) is 5.22 Å². The summed E-state index contributed by atoms with van der Waals surface area (Å²) >= 11 is 7.11. The van der Waals surface area contributed by atoms with Gasteiger partial charge in [-0.25, -0.2) is 4.98 Å². The summed E-state index contributed by atoms with van der Waals surface area (Å²) in [5, 5.41) is 9.73. The predicted octanol–water partition coefficient (Wildman–Crippen LogP) is 4.85. The minimum absolute atomic E-state index is 0.127. The maximum atomic E-state index is 10.8. The van der Waals surface area contributed by atoms with Gasteiger partial charge in [0.1, 0.15) is 17.2 Å². The van der Waals surface area contributed by atoms with Gasteiger partial charge in [-0.2, -0.15) is 0 Å². The molecule has 1 N–H and O–H groups in total. The van der Waals surface area contributed by atoms with Crippen molar-refractivity contribution in [2.75, 3.05) is 12.9 Å². The van der Waals surface area contributed by atoms with Crippen molar-refractivity contribution in [1.82, 2.24) is 4.98 Å². The number of thioether (sulfide) groups is 1. The Morgan fingerprint density at radius 2 is 2.00 bits per heavy atom. The van der Waals surface area contributed by atoms with Crippen molar-refractivity contribution < 1.29 is 19.1 Å². The predicted molar refractivity (Wildman–Crippen MR) is 97.3 cm³/mol. The average Bonchev–Trinajstić information content (AvgIpc) is 3.04. The summed E-state index contributed by atoms with van der Waals surface area (Å²) in [6, 6.07) is 14.6. The maximum absolute atomic E-state index is 10.8. The summed E-state index contributed by atoms with van der Waals surface area (Å²) in [5.74, 6) is 0.216. The highest BCUT2D eigenvalue weighted by Gasteiger charge is 2.18. The Bertz CT molecular complexity index is 892. The summed E-state index contributed by atoms with van der Waals surface area (Å²) in [4.78, 5) is 15.3. The number of aliphatic carboxylic acids is 1. The van der Waals surface area contributed by atoms with Gasteiger partial charge in [-0.3, -0.25) is 4.79 Å². The van der Waals surface area contributed by atoms with Crippen molar-refractivity contribution >= 4 is 29.3 Å².